The first-order valence-electron chi connectivity index (χ1n) is 11.6. The number of imide groups is 1. The Kier molecular flexibility index (Phi) is 6.03. The normalized spacial score (nSPS) is 18.5. The Morgan fingerprint density at radius 3 is 2.38 bits per heavy atom. The van der Waals surface area contributed by atoms with Crippen molar-refractivity contribution in [1.82, 2.24) is 4.90 Å². The van der Waals surface area contributed by atoms with Gasteiger partial charge in [0.2, 0.25) is 0 Å². The third-order valence-electron chi connectivity index (χ3n) is 7.05. The molecule has 1 aliphatic carbocycles. The fourth-order valence-electron chi connectivity index (χ4n) is 5.28. The summed E-state index contributed by atoms with van der Waals surface area (Å²) >= 11 is 0. The van der Waals surface area contributed by atoms with Gasteiger partial charge in [0.15, 0.2) is 0 Å². The molecule has 1 unspecified atom stereocenters. The van der Waals surface area contributed by atoms with Crippen molar-refractivity contribution < 1.29 is 9.59 Å². The fraction of sp³-hybridized carbons (Fsp3) is 0.538. The van der Waals surface area contributed by atoms with Crippen LogP contribution in [0.2, 0.25) is 0 Å². The Morgan fingerprint density at radius 2 is 1.69 bits per heavy atom. The average molecular weight is 392 g/mol. The molecule has 2 aromatic carbocycles. The van der Waals surface area contributed by atoms with Crippen molar-refractivity contribution in [1.29, 1.82) is 0 Å². The summed E-state index contributed by atoms with van der Waals surface area (Å²) in [6.07, 6.45) is 10.6. The molecule has 1 saturated carbocycles. The maximum atomic E-state index is 13.3. The molecule has 0 bridgehead atoms. The standard InChI is InChI=1S/C26H33NO2/c1-3-5-10-18(4-2)17-27-25(28)22-14-9-13-21-20(19-11-7-6-8-12-19)15-16-23(24(21)22)26(27)29/h9,13-16,18-19H,3-8,10-12,17H2,1-2H3. The topological polar surface area (TPSA) is 37.4 Å². The summed E-state index contributed by atoms with van der Waals surface area (Å²) in [6.45, 7) is 4.88. The van der Waals surface area contributed by atoms with Crippen molar-refractivity contribution >= 4 is 22.6 Å². The van der Waals surface area contributed by atoms with Crippen LogP contribution < -0.4 is 0 Å². The van der Waals surface area contributed by atoms with E-state index in [1.165, 1.54) is 42.6 Å². The Labute approximate surface area is 174 Å². The zero-order valence-corrected chi connectivity index (χ0v) is 17.9. The van der Waals surface area contributed by atoms with Crippen LogP contribution in [0.25, 0.3) is 10.8 Å². The minimum Gasteiger partial charge on any atom is -0.274 e. The molecule has 2 aliphatic rings. The van der Waals surface area contributed by atoms with E-state index >= 15 is 0 Å². The monoisotopic (exact) mass is 391 g/mol. The molecule has 1 heterocycles. The van der Waals surface area contributed by atoms with E-state index in [0.717, 1.165) is 36.5 Å². The van der Waals surface area contributed by atoms with Gasteiger partial charge in [-0.3, -0.25) is 14.5 Å². The van der Waals surface area contributed by atoms with Gasteiger partial charge in [0.1, 0.15) is 0 Å². The molecule has 1 aliphatic heterocycles. The van der Waals surface area contributed by atoms with Crippen LogP contribution >= 0.6 is 0 Å². The molecule has 0 saturated heterocycles. The van der Waals surface area contributed by atoms with Gasteiger partial charge < -0.3 is 0 Å². The number of rotatable bonds is 7. The predicted octanol–water partition coefficient (Wildman–Crippen LogP) is 6.70. The number of carbonyl (C=O) groups excluding carboxylic acids is 2. The van der Waals surface area contributed by atoms with Crippen molar-refractivity contribution in [3.05, 3.63) is 47.0 Å². The highest BCUT2D eigenvalue weighted by Gasteiger charge is 2.34. The van der Waals surface area contributed by atoms with Crippen LogP contribution in [0.1, 0.15) is 104 Å². The van der Waals surface area contributed by atoms with Gasteiger partial charge in [-0.15, -0.1) is 0 Å². The summed E-state index contributed by atoms with van der Waals surface area (Å²) in [7, 11) is 0. The molecule has 0 spiro atoms. The third-order valence-corrected chi connectivity index (χ3v) is 7.05. The number of hydrogen-bond acceptors (Lipinski definition) is 2. The predicted molar refractivity (Wildman–Crippen MR) is 118 cm³/mol. The van der Waals surface area contributed by atoms with Crippen molar-refractivity contribution in [3.63, 3.8) is 0 Å². The van der Waals surface area contributed by atoms with E-state index in [-0.39, 0.29) is 11.8 Å². The summed E-state index contributed by atoms with van der Waals surface area (Å²) in [5.41, 5.74) is 2.74. The highest BCUT2D eigenvalue weighted by Crippen LogP contribution is 2.40. The van der Waals surface area contributed by atoms with E-state index in [1.54, 1.807) is 0 Å². The van der Waals surface area contributed by atoms with Crippen LogP contribution in [0.5, 0.6) is 0 Å². The lowest BCUT2D eigenvalue weighted by atomic mass is 9.80. The minimum atomic E-state index is -0.108. The molecular formula is C26H33NO2. The summed E-state index contributed by atoms with van der Waals surface area (Å²) in [5.74, 6) is 0.715. The second-order valence-corrected chi connectivity index (χ2v) is 8.90. The molecule has 2 amide bonds. The third kappa shape index (κ3) is 3.72. The number of nitrogens with zero attached hydrogens (tertiary/aromatic N) is 1. The summed E-state index contributed by atoms with van der Waals surface area (Å²) in [4.78, 5) is 28.2. The first kappa shape index (κ1) is 20.1. The molecule has 0 N–H and O–H groups in total. The van der Waals surface area contributed by atoms with Gasteiger partial charge >= 0.3 is 0 Å². The SMILES string of the molecule is CCCCC(CC)CN1C(=O)c2cccc3c(C4CCCCC4)ccc(c23)C1=O. The minimum absolute atomic E-state index is 0.108. The van der Waals surface area contributed by atoms with Gasteiger partial charge in [-0.2, -0.15) is 0 Å². The van der Waals surface area contributed by atoms with E-state index in [1.807, 2.05) is 18.2 Å². The molecular weight excluding hydrogens is 358 g/mol. The first-order valence-corrected chi connectivity index (χ1v) is 11.6. The lowest BCUT2D eigenvalue weighted by Gasteiger charge is -2.31. The largest absolute Gasteiger partial charge is 0.274 e. The Balaban J connectivity index is 1.72. The van der Waals surface area contributed by atoms with Gasteiger partial charge in [0.25, 0.3) is 11.8 Å². The van der Waals surface area contributed by atoms with Gasteiger partial charge in [0, 0.05) is 23.1 Å². The molecule has 0 aromatic heterocycles. The van der Waals surface area contributed by atoms with E-state index in [9.17, 15) is 9.59 Å². The molecule has 3 heteroatoms. The lowest BCUT2D eigenvalue weighted by Crippen LogP contribution is -2.43. The van der Waals surface area contributed by atoms with Gasteiger partial charge in [-0.05, 0) is 54.2 Å². The van der Waals surface area contributed by atoms with Gasteiger partial charge in [-0.25, -0.2) is 0 Å². The summed E-state index contributed by atoms with van der Waals surface area (Å²) in [5, 5.41) is 2.01. The van der Waals surface area contributed by atoms with Crippen molar-refractivity contribution in [2.75, 3.05) is 6.54 Å². The van der Waals surface area contributed by atoms with Crippen LogP contribution in [-0.4, -0.2) is 23.3 Å². The second-order valence-electron chi connectivity index (χ2n) is 8.90. The molecule has 4 rings (SSSR count). The van der Waals surface area contributed by atoms with Gasteiger partial charge in [0.05, 0.1) is 0 Å². The quantitative estimate of drug-likeness (QED) is 0.492. The maximum Gasteiger partial charge on any atom is 0.261 e. The Hall–Kier alpha value is -2.16. The zero-order valence-electron chi connectivity index (χ0n) is 17.9. The number of carbonyl (C=O) groups is 2. The van der Waals surface area contributed by atoms with E-state index < -0.39 is 0 Å². The van der Waals surface area contributed by atoms with Crippen LogP contribution in [0.4, 0.5) is 0 Å². The number of hydrogen-bond donors (Lipinski definition) is 0. The molecule has 154 valence electrons. The average Bonchev–Trinajstić information content (AvgIpc) is 2.77. The summed E-state index contributed by atoms with van der Waals surface area (Å²) < 4.78 is 0. The Morgan fingerprint density at radius 1 is 0.966 bits per heavy atom. The second kappa shape index (κ2) is 8.69. The highest BCUT2D eigenvalue weighted by molar-refractivity contribution is 6.25. The molecule has 2 aromatic rings. The van der Waals surface area contributed by atoms with Crippen LogP contribution in [0.3, 0.4) is 0 Å². The molecule has 0 radical (unpaired) electrons. The highest BCUT2D eigenvalue weighted by atomic mass is 16.2. The van der Waals surface area contributed by atoms with Crippen molar-refractivity contribution in [3.8, 4) is 0 Å². The van der Waals surface area contributed by atoms with Crippen molar-refractivity contribution in [2.45, 2.75) is 77.6 Å². The van der Waals surface area contributed by atoms with Crippen LogP contribution in [0, 0.1) is 5.92 Å². The number of unbranched alkanes of at least 4 members (excludes halogenated alkanes) is 1. The number of benzene rings is 2. The number of amides is 2. The van der Waals surface area contributed by atoms with Crippen molar-refractivity contribution in [2.24, 2.45) is 5.92 Å². The molecule has 1 atom stereocenters. The molecule has 1 fully saturated rings. The van der Waals surface area contributed by atoms with E-state index in [2.05, 4.69) is 26.0 Å². The summed E-state index contributed by atoms with van der Waals surface area (Å²) in [6, 6.07) is 10.2. The van der Waals surface area contributed by atoms with Crippen LogP contribution in [0.15, 0.2) is 30.3 Å². The zero-order chi connectivity index (χ0) is 20.4. The smallest absolute Gasteiger partial charge is 0.261 e. The van der Waals surface area contributed by atoms with Gasteiger partial charge in [-0.1, -0.05) is 70.6 Å². The van der Waals surface area contributed by atoms with Crippen LogP contribution in [-0.2, 0) is 0 Å². The Bertz CT molecular complexity index is 888. The van der Waals surface area contributed by atoms with E-state index in [0.29, 0.717) is 29.5 Å². The lowest BCUT2D eigenvalue weighted by molar-refractivity contribution is 0.0580. The molecule has 29 heavy (non-hydrogen) atoms. The first-order chi connectivity index (χ1) is 14.2. The fourth-order valence-corrected chi connectivity index (χ4v) is 5.28. The van der Waals surface area contributed by atoms with E-state index in [4.69, 9.17) is 0 Å². The maximum absolute atomic E-state index is 13.3. The molecule has 3 nitrogen and oxygen atoms in total.